The normalized spacial score (nSPS) is 16.3. The van der Waals surface area contributed by atoms with Crippen molar-refractivity contribution in [2.75, 3.05) is 26.4 Å². The summed E-state index contributed by atoms with van der Waals surface area (Å²) in [6.45, 7) is 13.9. The maximum Gasteiger partial charge on any atom is 0.317 e. The van der Waals surface area contributed by atoms with E-state index in [1.54, 1.807) is 6.92 Å². The highest BCUT2D eigenvalue weighted by Crippen LogP contribution is 2.45. The Balaban J connectivity index is 2.00. The molecule has 0 aliphatic carbocycles. The number of hydrogen-bond acceptors (Lipinski definition) is 7. The number of fused-ring (bicyclic) bond motifs is 1. The molecule has 2 heterocycles. The molecule has 0 spiro atoms. The highest BCUT2D eigenvalue weighted by atomic mass is 35.5. The van der Waals surface area contributed by atoms with Gasteiger partial charge < -0.3 is 19.9 Å². The van der Waals surface area contributed by atoms with E-state index in [2.05, 4.69) is 31.0 Å². The van der Waals surface area contributed by atoms with E-state index in [4.69, 9.17) is 36.5 Å². The van der Waals surface area contributed by atoms with Gasteiger partial charge in [-0.25, -0.2) is 0 Å². The van der Waals surface area contributed by atoms with Crippen molar-refractivity contribution >= 4 is 28.1 Å². The molecule has 0 bridgehead atoms. The minimum atomic E-state index is -0.170. The quantitative estimate of drug-likeness (QED) is 0.370. The summed E-state index contributed by atoms with van der Waals surface area (Å²) in [5.41, 5.74) is 15.5. The first kappa shape index (κ1) is 27.8. The van der Waals surface area contributed by atoms with Crippen LogP contribution in [0.1, 0.15) is 54.3 Å². The molecule has 2 aromatic carbocycles. The van der Waals surface area contributed by atoms with Gasteiger partial charge in [-0.05, 0) is 68.4 Å². The summed E-state index contributed by atoms with van der Waals surface area (Å²) in [6, 6.07) is 6.68. The summed E-state index contributed by atoms with van der Waals surface area (Å²) in [4.78, 5) is 9.46. The SMILES string of the molecule is CCc1c(-c2ccc(C)c(C)c2/C(C#N)=C(\C)N)c(Cl)c2nc(OCC3COCCO3)nc(C)c2c1CC. The van der Waals surface area contributed by atoms with Crippen molar-refractivity contribution in [1.82, 2.24) is 9.97 Å². The molecule has 1 aromatic heterocycles. The van der Waals surface area contributed by atoms with Gasteiger partial charge in [-0.3, -0.25) is 0 Å². The molecule has 7 nitrogen and oxygen atoms in total. The largest absolute Gasteiger partial charge is 0.461 e. The zero-order valence-electron chi connectivity index (χ0n) is 23.0. The molecule has 1 aliphatic heterocycles. The van der Waals surface area contributed by atoms with Crippen molar-refractivity contribution < 1.29 is 14.2 Å². The van der Waals surface area contributed by atoms with E-state index in [1.165, 1.54) is 0 Å². The predicted molar refractivity (Wildman–Crippen MR) is 151 cm³/mol. The summed E-state index contributed by atoms with van der Waals surface area (Å²) in [5.74, 6) is 0. The lowest BCUT2D eigenvalue weighted by molar-refractivity contribution is -0.102. The fourth-order valence-electron chi connectivity index (χ4n) is 5.23. The Kier molecular flexibility index (Phi) is 8.57. The maximum atomic E-state index is 10.1. The molecule has 4 rings (SSSR count). The van der Waals surface area contributed by atoms with E-state index < -0.39 is 0 Å². The van der Waals surface area contributed by atoms with E-state index in [9.17, 15) is 5.26 Å². The monoisotopic (exact) mass is 534 g/mol. The summed E-state index contributed by atoms with van der Waals surface area (Å²) in [5, 5.41) is 11.5. The minimum absolute atomic E-state index is 0.170. The standard InChI is InChI=1S/C30H35ClN4O3/c1-7-21-22(8-2)27(23-10-9-16(3)17(4)25(23)24(13-32)18(5)33)28(31)29-26(21)19(6)34-30(35-29)38-15-20-14-36-11-12-37-20/h9-10,20H,7-8,11-12,14-15,33H2,1-6H3/b24-18+. The Hall–Kier alpha value is -3.18. The van der Waals surface area contributed by atoms with Gasteiger partial charge in [-0.2, -0.15) is 15.2 Å². The first-order chi connectivity index (χ1) is 18.2. The molecular formula is C30H35ClN4O3. The molecule has 0 radical (unpaired) electrons. The van der Waals surface area contributed by atoms with Gasteiger partial charge in [0.25, 0.3) is 0 Å². The number of ether oxygens (including phenoxy) is 3. The zero-order valence-corrected chi connectivity index (χ0v) is 23.8. The molecule has 200 valence electrons. The van der Waals surface area contributed by atoms with Crippen molar-refractivity contribution in [3.63, 3.8) is 0 Å². The lowest BCUT2D eigenvalue weighted by atomic mass is 9.83. The van der Waals surface area contributed by atoms with Crippen molar-refractivity contribution in [1.29, 1.82) is 5.26 Å². The molecule has 3 aromatic rings. The Labute approximate surface area is 229 Å². The van der Waals surface area contributed by atoms with Gasteiger partial charge >= 0.3 is 6.01 Å². The molecule has 0 amide bonds. The van der Waals surface area contributed by atoms with Gasteiger partial charge in [0.05, 0.1) is 41.6 Å². The first-order valence-electron chi connectivity index (χ1n) is 13.0. The van der Waals surface area contributed by atoms with Crippen LogP contribution >= 0.6 is 11.6 Å². The molecule has 38 heavy (non-hydrogen) atoms. The van der Waals surface area contributed by atoms with Crippen LogP contribution in [0.4, 0.5) is 0 Å². The van der Waals surface area contributed by atoms with Crippen LogP contribution in [0.15, 0.2) is 17.8 Å². The molecule has 0 saturated carbocycles. The Bertz CT molecular complexity index is 1450. The summed E-state index contributed by atoms with van der Waals surface area (Å²) < 4.78 is 17.1. The second kappa shape index (κ2) is 11.7. The van der Waals surface area contributed by atoms with Gasteiger partial charge in [0.15, 0.2) is 0 Å². The molecule has 1 atom stereocenters. The minimum Gasteiger partial charge on any atom is -0.461 e. The van der Waals surface area contributed by atoms with Crippen LogP contribution in [0.5, 0.6) is 6.01 Å². The third-order valence-corrected chi connectivity index (χ3v) is 7.58. The van der Waals surface area contributed by atoms with Crippen LogP contribution in [0.3, 0.4) is 0 Å². The van der Waals surface area contributed by atoms with Gasteiger partial charge in [0, 0.05) is 22.2 Å². The summed E-state index contributed by atoms with van der Waals surface area (Å²) in [7, 11) is 0. The summed E-state index contributed by atoms with van der Waals surface area (Å²) >= 11 is 7.25. The number of nitrogens with zero attached hydrogens (tertiary/aromatic N) is 3. The van der Waals surface area contributed by atoms with Crippen LogP contribution in [-0.4, -0.2) is 42.5 Å². The van der Waals surface area contributed by atoms with Gasteiger partial charge in [-0.1, -0.05) is 37.6 Å². The molecular weight excluding hydrogens is 500 g/mol. The average Bonchev–Trinajstić information content (AvgIpc) is 2.91. The number of halogens is 1. The zero-order chi connectivity index (χ0) is 27.6. The van der Waals surface area contributed by atoms with E-state index in [0.29, 0.717) is 41.6 Å². The fourth-order valence-corrected chi connectivity index (χ4v) is 5.59. The van der Waals surface area contributed by atoms with Crippen molar-refractivity contribution in [3.8, 4) is 23.2 Å². The third kappa shape index (κ3) is 5.09. The van der Waals surface area contributed by atoms with Crippen LogP contribution in [0.25, 0.3) is 27.6 Å². The van der Waals surface area contributed by atoms with E-state index in [-0.39, 0.29) is 18.7 Å². The molecule has 1 aliphatic rings. The van der Waals surface area contributed by atoms with Crippen molar-refractivity contribution in [2.45, 2.75) is 60.5 Å². The Morgan fingerprint density at radius 2 is 1.89 bits per heavy atom. The maximum absolute atomic E-state index is 10.1. The second-order valence-electron chi connectivity index (χ2n) is 9.65. The Morgan fingerprint density at radius 3 is 2.50 bits per heavy atom. The number of allylic oxidation sites excluding steroid dienone is 2. The second-order valence-corrected chi connectivity index (χ2v) is 10.0. The summed E-state index contributed by atoms with van der Waals surface area (Å²) in [6.07, 6.45) is 1.36. The number of nitriles is 1. The topological polar surface area (TPSA) is 103 Å². The molecule has 2 N–H and O–H groups in total. The predicted octanol–water partition coefficient (Wildman–Crippen LogP) is 6.01. The smallest absolute Gasteiger partial charge is 0.317 e. The van der Waals surface area contributed by atoms with Crippen molar-refractivity contribution in [3.05, 3.63) is 56.4 Å². The number of aromatic nitrogens is 2. The first-order valence-corrected chi connectivity index (χ1v) is 13.4. The number of hydrogen-bond donors (Lipinski definition) is 1. The fraction of sp³-hybridized carbons (Fsp3) is 0.433. The van der Waals surface area contributed by atoms with Crippen LogP contribution in [0.2, 0.25) is 5.02 Å². The number of rotatable bonds is 7. The van der Waals surface area contributed by atoms with Gasteiger partial charge in [-0.15, -0.1) is 0 Å². The highest BCUT2D eigenvalue weighted by molar-refractivity contribution is 6.38. The van der Waals surface area contributed by atoms with E-state index >= 15 is 0 Å². The van der Waals surface area contributed by atoms with Crippen LogP contribution < -0.4 is 10.5 Å². The Morgan fingerprint density at radius 1 is 1.16 bits per heavy atom. The molecule has 8 heteroatoms. The third-order valence-electron chi connectivity index (χ3n) is 7.22. The molecule has 1 fully saturated rings. The lowest BCUT2D eigenvalue weighted by Gasteiger charge is -2.24. The van der Waals surface area contributed by atoms with Gasteiger partial charge in [0.2, 0.25) is 0 Å². The number of nitrogens with two attached hydrogens (primary N) is 1. The van der Waals surface area contributed by atoms with Gasteiger partial charge in [0.1, 0.15) is 18.8 Å². The van der Waals surface area contributed by atoms with Crippen LogP contribution in [-0.2, 0) is 22.3 Å². The van der Waals surface area contributed by atoms with Crippen LogP contribution in [0, 0.1) is 32.1 Å². The number of aryl methyl sites for hydroxylation is 3. The molecule has 1 saturated heterocycles. The van der Waals surface area contributed by atoms with Crippen molar-refractivity contribution in [2.24, 2.45) is 5.73 Å². The van der Waals surface area contributed by atoms with E-state index in [1.807, 2.05) is 26.8 Å². The highest BCUT2D eigenvalue weighted by Gasteiger charge is 2.26. The van der Waals surface area contributed by atoms with E-state index in [0.717, 1.165) is 62.9 Å². The lowest BCUT2D eigenvalue weighted by Crippen LogP contribution is -2.33. The molecule has 1 unspecified atom stereocenters. The average molecular weight is 535 g/mol. The number of benzene rings is 2.